The largest absolute Gasteiger partial charge is 0.370 e. The van der Waals surface area contributed by atoms with Gasteiger partial charge in [0.05, 0.1) is 23.3 Å². The van der Waals surface area contributed by atoms with Gasteiger partial charge in [0.2, 0.25) is 0 Å². The highest BCUT2D eigenvalue weighted by atomic mass is 15.1. The van der Waals surface area contributed by atoms with E-state index < -0.39 is 0 Å². The van der Waals surface area contributed by atoms with Gasteiger partial charge in [-0.15, -0.1) is 0 Å². The number of anilines is 1. The Morgan fingerprint density at radius 3 is 2.26 bits per heavy atom. The Morgan fingerprint density at radius 2 is 1.63 bits per heavy atom. The van der Waals surface area contributed by atoms with Gasteiger partial charge in [0.15, 0.2) is 0 Å². The van der Waals surface area contributed by atoms with Crippen LogP contribution in [0, 0.1) is 22.7 Å². The molecule has 0 aliphatic carbocycles. The second-order valence-corrected chi connectivity index (χ2v) is 4.33. The number of nitrogens with zero attached hydrogens (tertiary/aromatic N) is 3. The average Bonchev–Trinajstić information content (AvgIpc) is 2.48. The summed E-state index contributed by atoms with van der Waals surface area (Å²) in [5.74, 6) is 0. The minimum absolute atomic E-state index is 0.657. The maximum Gasteiger partial charge on any atom is 0.0992 e. The van der Waals surface area contributed by atoms with Crippen molar-refractivity contribution in [3.05, 3.63) is 65.2 Å². The number of hydrogen-bond donors (Lipinski definition) is 0. The highest BCUT2D eigenvalue weighted by Crippen LogP contribution is 2.17. The zero-order valence-electron chi connectivity index (χ0n) is 10.7. The topological polar surface area (TPSA) is 50.8 Å². The molecule has 0 radical (unpaired) electrons. The molecule has 0 saturated heterocycles. The molecule has 0 saturated carbocycles. The lowest BCUT2D eigenvalue weighted by atomic mass is 10.1. The fourth-order valence-electron chi connectivity index (χ4n) is 1.86. The first-order chi connectivity index (χ1) is 9.22. The summed E-state index contributed by atoms with van der Waals surface area (Å²) in [7, 11) is 1.98. The fourth-order valence-corrected chi connectivity index (χ4v) is 1.86. The van der Waals surface area contributed by atoms with Crippen molar-refractivity contribution in [1.82, 2.24) is 0 Å². The monoisotopic (exact) mass is 247 g/mol. The van der Waals surface area contributed by atoms with Crippen molar-refractivity contribution < 1.29 is 0 Å². The molecule has 0 fully saturated rings. The lowest BCUT2D eigenvalue weighted by Gasteiger charge is -2.19. The van der Waals surface area contributed by atoms with Gasteiger partial charge in [-0.1, -0.05) is 18.2 Å². The third-order valence-electron chi connectivity index (χ3n) is 2.92. The van der Waals surface area contributed by atoms with Gasteiger partial charge in [0.25, 0.3) is 0 Å². The summed E-state index contributed by atoms with van der Waals surface area (Å²) in [5.41, 5.74) is 3.45. The Hall–Kier alpha value is -2.78. The SMILES string of the molecule is CN(Cc1ccc(C#N)cc1)c1cccc(C#N)c1. The smallest absolute Gasteiger partial charge is 0.0992 e. The molecule has 0 N–H and O–H groups in total. The molecule has 2 rings (SSSR count). The van der Waals surface area contributed by atoms with E-state index in [9.17, 15) is 0 Å². The van der Waals surface area contributed by atoms with E-state index in [0.717, 1.165) is 17.8 Å². The maximum absolute atomic E-state index is 8.89. The molecule has 0 atom stereocenters. The Balaban J connectivity index is 2.14. The first-order valence-electron chi connectivity index (χ1n) is 5.93. The lowest BCUT2D eigenvalue weighted by Crippen LogP contribution is -2.16. The van der Waals surface area contributed by atoms with Gasteiger partial charge in [-0.25, -0.2) is 0 Å². The quantitative estimate of drug-likeness (QED) is 0.837. The number of nitriles is 2. The molecule has 0 bridgehead atoms. The van der Waals surface area contributed by atoms with Gasteiger partial charge in [-0.2, -0.15) is 10.5 Å². The van der Waals surface area contributed by atoms with Gasteiger partial charge < -0.3 is 4.90 Å². The lowest BCUT2D eigenvalue weighted by molar-refractivity contribution is 0.922. The van der Waals surface area contributed by atoms with E-state index in [1.807, 2.05) is 49.5 Å². The van der Waals surface area contributed by atoms with E-state index >= 15 is 0 Å². The van der Waals surface area contributed by atoms with Crippen molar-refractivity contribution in [2.75, 3.05) is 11.9 Å². The highest BCUT2D eigenvalue weighted by Gasteiger charge is 2.03. The van der Waals surface area contributed by atoms with Crippen molar-refractivity contribution in [3.8, 4) is 12.1 Å². The molecule has 0 amide bonds. The van der Waals surface area contributed by atoms with Crippen molar-refractivity contribution >= 4 is 5.69 Å². The van der Waals surface area contributed by atoms with Crippen LogP contribution in [0.5, 0.6) is 0 Å². The Kier molecular flexibility index (Phi) is 3.81. The molecule has 0 heterocycles. The summed E-state index contributed by atoms with van der Waals surface area (Å²) >= 11 is 0. The Labute approximate surface area is 112 Å². The Bertz CT molecular complexity index is 645. The standard InChI is InChI=1S/C16H13N3/c1-19(16-4-2-3-15(9-16)11-18)12-14-7-5-13(10-17)6-8-14/h2-9H,12H2,1H3. The van der Waals surface area contributed by atoms with Crippen LogP contribution in [0.3, 0.4) is 0 Å². The molecule has 2 aromatic rings. The van der Waals surface area contributed by atoms with Crippen LogP contribution in [0.4, 0.5) is 5.69 Å². The molecule has 92 valence electrons. The zero-order valence-corrected chi connectivity index (χ0v) is 10.7. The van der Waals surface area contributed by atoms with Gasteiger partial charge in [0.1, 0.15) is 0 Å². The van der Waals surface area contributed by atoms with Gasteiger partial charge in [-0.05, 0) is 35.9 Å². The highest BCUT2D eigenvalue weighted by molar-refractivity contribution is 5.51. The van der Waals surface area contributed by atoms with Crippen LogP contribution in [0.15, 0.2) is 48.5 Å². The molecule has 2 aromatic carbocycles. The summed E-state index contributed by atoms with van der Waals surface area (Å²) in [6.45, 7) is 0.737. The number of rotatable bonds is 3. The predicted molar refractivity (Wildman–Crippen MR) is 74.4 cm³/mol. The molecule has 0 spiro atoms. The average molecular weight is 247 g/mol. The summed E-state index contributed by atoms with van der Waals surface area (Å²) in [6, 6.07) is 19.3. The third kappa shape index (κ3) is 3.12. The van der Waals surface area contributed by atoms with Crippen LogP contribution >= 0.6 is 0 Å². The van der Waals surface area contributed by atoms with Crippen LogP contribution in [0.1, 0.15) is 16.7 Å². The zero-order chi connectivity index (χ0) is 13.7. The summed E-state index contributed by atoms with van der Waals surface area (Å²) < 4.78 is 0. The third-order valence-corrected chi connectivity index (χ3v) is 2.92. The first-order valence-corrected chi connectivity index (χ1v) is 5.93. The molecular formula is C16H13N3. The summed E-state index contributed by atoms with van der Waals surface area (Å²) in [6.07, 6.45) is 0. The summed E-state index contributed by atoms with van der Waals surface area (Å²) in [4.78, 5) is 2.07. The number of hydrogen-bond acceptors (Lipinski definition) is 3. The van der Waals surface area contributed by atoms with Crippen molar-refractivity contribution in [2.45, 2.75) is 6.54 Å². The van der Waals surface area contributed by atoms with Gasteiger partial charge in [0, 0.05) is 19.3 Å². The molecule has 3 nitrogen and oxygen atoms in total. The molecule has 0 unspecified atom stereocenters. The van der Waals surface area contributed by atoms with E-state index in [0.29, 0.717) is 11.1 Å². The van der Waals surface area contributed by atoms with E-state index in [4.69, 9.17) is 10.5 Å². The van der Waals surface area contributed by atoms with Crippen LogP contribution in [-0.4, -0.2) is 7.05 Å². The van der Waals surface area contributed by atoms with E-state index in [-0.39, 0.29) is 0 Å². The van der Waals surface area contributed by atoms with Crippen molar-refractivity contribution in [1.29, 1.82) is 10.5 Å². The van der Waals surface area contributed by atoms with Crippen LogP contribution in [0.25, 0.3) is 0 Å². The minimum atomic E-state index is 0.657. The fraction of sp³-hybridized carbons (Fsp3) is 0.125. The first kappa shape index (κ1) is 12.7. The van der Waals surface area contributed by atoms with Crippen LogP contribution in [0.2, 0.25) is 0 Å². The molecule has 3 heteroatoms. The summed E-state index contributed by atoms with van der Waals surface area (Å²) in [5, 5.41) is 17.6. The van der Waals surface area contributed by atoms with Crippen LogP contribution < -0.4 is 4.90 Å². The van der Waals surface area contributed by atoms with Crippen molar-refractivity contribution in [3.63, 3.8) is 0 Å². The van der Waals surface area contributed by atoms with Gasteiger partial charge in [-0.3, -0.25) is 0 Å². The van der Waals surface area contributed by atoms with Gasteiger partial charge >= 0.3 is 0 Å². The van der Waals surface area contributed by atoms with Crippen LogP contribution in [-0.2, 0) is 6.54 Å². The van der Waals surface area contributed by atoms with E-state index in [1.54, 1.807) is 6.07 Å². The molecule has 0 aliphatic rings. The van der Waals surface area contributed by atoms with E-state index in [1.165, 1.54) is 0 Å². The second-order valence-electron chi connectivity index (χ2n) is 4.33. The Morgan fingerprint density at radius 1 is 0.947 bits per heavy atom. The molecule has 19 heavy (non-hydrogen) atoms. The normalized spacial score (nSPS) is 9.42. The van der Waals surface area contributed by atoms with Crippen molar-refractivity contribution in [2.24, 2.45) is 0 Å². The van der Waals surface area contributed by atoms with E-state index in [2.05, 4.69) is 17.0 Å². The number of benzene rings is 2. The maximum atomic E-state index is 8.89. The predicted octanol–water partition coefficient (Wildman–Crippen LogP) is 3.07. The molecular weight excluding hydrogens is 234 g/mol. The molecule has 0 aliphatic heterocycles. The molecule has 0 aromatic heterocycles. The minimum Gasteiger partial charge on any atom is -0.370 e. The second kappa shape index (κ2) is 5.71.